The molecule has 0 saturated carbocycles. The molecule has 2 heterocycles. The van der Waals surface area contributed by atoms with Crippen LogP contribution in [0.15, 0.2) is 48.5 Å². The Hall–Kier alpha value is -2.73. The van der Waals surface area contributed by atoms with Gasteiger partial charge in [0.25, 0.3) is 0 Å². The van der Waals surface area contributed by atoms with Crippen molar-refractivity contribution in [3.05, 3.63) is 59.1 Å². The largest absolute Gasteiger partial charge is 0.444 e. The summed E-state index contributed by atoms with van der Waals surface area (Å²) in [5.41, 5.74) is 2.61. The maximum atomic E-state index is 12.4. The van der Waals surface area contributed by atoms with Gasteiger partial charge in [-0.3, -0.25) is 0 Å². The minimum atomic E-state index is -0.493. The van der Waals surface area contributed by atoms with Crippen molar-refractivity contribution in [2.24, 2.45) is 0 Å². The van der Waals surface area contributed by atoms with Crippen molar-refractivity contribution < 1.29 is 9.53 Å². The second-order valence-electron chi connectivity index (χ2n) is 8.70. The lowest BCUT2D eigenvalue weighted by Gasteiger charge is -2.24. The van der Waals surface area contributed by atoms with Crippen LogP contribution in [0.5, 0.6) is 0 Å². The minimum Gasteiger partial charge on any atom is -0.444 e. The Morgan fingerprint density at radius 2 is 2.03 bits per heavy atom. The number of ether oxygens (including phenoxy) is 1. The number of anilines is 1. The van der Waals surface area contributed by atoms with E-state index < -0.39 is 5.60 Å². The monoisotopic (exact) mass is 426 g/mol. The molecule has 0 spiro atoms. The highest BCUT2D eigenvalue weighted by Crippen LogP contribution is 2.25. The van der Waals surface area contributed by atoms with Crippen LogP contribution < -0.4 is 5.32 Å². The summed E-state index contributed by atoms with van der Waals surface area (Å²) in [4.78, 5) is 18.9. The molecule has 1 aliphatic rings. The second-order valence-corrected chi connectivity index (χ2v) is 9.13. The molecule has 1 N–H and O–H groups in total. The summed E-state index contributed by atoms with van der Waals surface area (Å²) >= 11 is 6.18. The Morgan fingerprint density at radius 1 is 1.23 bits per heavy atom. The van der Waals surface area contributed by atoms with Crippen molar-refractivity contribution in [2.45, 2.75) is 45.4 Å². The predicted octanol–water partition coefficient (Wildman–Crippen LogP) is 5.16. The molecule has 0 bridgehead atoms. The van der Waals surface area contributed by atoms with Crippen LogP contribution in [-0.2, 0) is 11.3 Å². The standard InChI is InChI=1S/C23H27ClN4O2/c1-23(2,3)30-22(29)27-12-11-18(15-27)25-21-26-19-9-4-5-10-20(19)28(21)14-16-7-6-8-17(24)13-16/h4-10,13,18H,11-12,14-15H2,1-3H3,(H,25,26)/t18-/m0/s1. The molecule has 30 heavy (non-hydrogen) atoms. The summed E-state index contributed by atoms with van der Waals surface area (Å²) < 4.78 is 7.67. The first kappa shape index (κ1) is 20.5. The van der Waals surface area contributed by atoms with Gasteiger partial charge in [-0.15, -0.1) is 0 Å². The van der Waals surface area contributed by atoms with Gasteiger partial charge in [0.05, 0.1) is 17.6 Å². The van der Waals surface area contributed by atoms with E-state index in [0.29, 0.717) is 19.6 Å². The second kappa shape index (κ2) is 8.19. The van der Waals surface area contributed by atoms with Crippen molar-refractivity contribution in [1.29, 1.82) is 0 Å². The molecule has 1 fully saturated rings. The number of rotatable bonds is 4. The van der Waals surface area contributed by atoms with Crippen molar-refractivity contribution in [3.8, 4) is 0 Å². The van der Waals surface area contributed by atoms with Gasteiger partial charge < -0.3 is 19.5 Å². The zero-order chi connectivity index (χ0) is 21.3. The van der Waals surface area contributed by atoms with E-state index in [1.54, 1.807) is 4.90 Å². The Morgan fingerprint density at radius 3 is 2.80 bits per heavy atom. The number of nitrogens with one attached hydrogen (secondary N) is 1. The number of halogens is 1. The third-order valence-corrected chi connectivity index (χ3v) is 5.29. The van der Waals surface area contributed by atoms with Crippen LogP contribution in [-0.4, -0.2) is 45.3 Å². The molecule has 2 aromatic carbocycles. The van der Waals surface area contributed by atoms with E-state index in [0.717, 1.165) is 34.0 Å². The number of benzene rings is 2. The van der Waals surface area contributed by atoms with Gasteiger partial charge >= 0.3 is 6.09 Å². The minimum absolute atomic E-state index is 0.118. The summed E-state index contributed by atoms with van der Waals surface area (Å²) in [7, 11) is 0. The average Bonchev–Trinajstić information content (AvgIpc) is 3.26. The Bertz CT molecular complexity index is 1060. The average molecular weight is 427 g/mol. The number of nitrogens with zero attached hydrogens (tertiary/aromatic N) is 3. The van der Waals surface area contributed by atoms with E-state index in [2.05, 4.69) is 22.0 Å². The van der Waals surface area contributed by atoms with Crippen LogP contribution in [0, 0.1) is 0 Å². The molecule has 0 aliphatic carbocycles. The fourth-order valence-corrected chi connectivity index (χ4v) is 3.93. The summed E-state index contributed by atoms with van der Waals surface area (Å²) in [5, 5.41) is 4.27. The molecular formula is C23H27ClN4O2. The number of imidazole rings is 1. The molecule has 0 unspecified atom stereocenters. The highest BCUT2D eigenvalue weighted by Gasteiger charge is 2.30. The van der Waals surface area contributed by atoms with Crippen molar-refractivity contribution in [2.75, 3.05) is 18.4 Å². The fraction of sp³-hybridized carbons (Fsp3) is 0.391. The normalized spacial score (nSPS) is 16.8. The molecule has 158 valence electrons. The molecule has 3 aromatic rings. The van der Waals surface area contributed by atoms with Crippen molar-refractivity contribution in [3.63, 3.8) is 0 Å². The number of carbonyl (C=O) groups is 1. The first-order valence-electron chi connectivity index (χ1n) is 10.2. The number of carbonyl (C=O) groups excluding carboxylic acids is 1. The SMILES string of the molecule is CC(C)(C)OC(=O)N1CC[C@H](Nc2nc3ccccc3n2Cc2cccc(Cl)c2)C1. The van der Waals surface area contributed by atoms with E-state index in [1.807, 2.05) is 57.2 Å². The Kier molecular flexibility index (Phi) is 5.60. The van der Waals surface area contributed by atoms with Crippen LogP contribution in [0.2, 0.25) is 5.02 Å². The number of amides is 1. The van der Waals surface area contributed by atoms with E-state index in [1.165, 1.54) is 0 Å². The molecule has 0 radical (unpaired) electrons. The first-order valence-corrected chi connectivity index (χ1v) is 10.6. The number of hydrogen-bond acceptors (Lipinski definition) is 4. The van der Waals surface area contributed by atoms with Gasteiger partial charge in [-0.05, 0) is 57.0 Å². The third-order valence-electron chi connectivity index (χ3n) is 5.06. The molecule has 4 rings (SSSR count). The van der Waals surface area contributed by atoms with E-state index in [-0.39, 0.29) is 12.1 Å². The maximum Gasteiger partial charge on any atom is 0.410 e. The lowest BCUT2D eigenvalue weighted by atomic mass is 10.2. The van der Waals surface area contributed by atoms with E-state index in [9.17, 15) is 4.79 Å². The lowest BCUT2D eigenvalue weighted by Crippen LogP contribution is -2.36. The van der Waals surface area contributed by atoms with Crippen LogP contribution in [0.25, 0.3) is 11.0 Å². The van der Waals surface area contributed by atoms with E-state index >= 15 is 0 Å². The highest BCUT2D eigenvalue weighted by molar-refractivity contribution is 6.30. The van der Waals surface area contributed by atoms with Gasteiger partial charge in [0.15, 0.2) is 0 Å². The smallest absolute Gasteiger partial charge is 0.410 e. The number of likely N-dealkylation sites (tertiary alicyclic amines) is 1. The Labute approximate surface area is 181 Å². The molecular weight excluding hydrogens is 400 g/mol. The lowest BCUT2D eigenvalue weighted by molar-refractivity contribution is 0.0293. The predicted molar refractivity (Wildman–Crippen MR) is 120 cm³/mol. The summed E-state index contributed by atoms with van der Waals surface area (Å²) in [6.45, 7) is 7.57. The first-order chi connectivity index (χ1) is 14.3. The summed E-state index contributed by atoms with van der Waals surface area (Å²) in [6.07, 6.45) is 0.582. The maximum absolute atomic E-state index is 12.4. The number of fused-ring (bicyclic) bond motifs is 1. The summed E-state index contributed by atoms with van der Waals surface area (Å²) in [6, 6.07) is 16.1. The van der Waals surface area contributed by atoms with Gasteiger partial charge in [0.1, 0.15) is 5.60 Å². The van der Waals surface area contributed by atoms with Gasteiger partial charge in [-0.25, -0.2) is 9.78 Å². The molecule has 1 amide bonds. The third kappa shape index (κ3) is 4.70. The zero-order valence-electron chi connectivity index (χ0n) is 17.6. The highest BCUT2D eigenvalue weighted by atomic mass is 35.5. The molecule has 1 aliphatic heterocycles. The Balaban J connectivity index is 1.54. The molecule has 1 saturated heterocycles. The number of hydrogen-bond donors (Lipinski definition) is 1. The topological polar surface area (TPSA) is 59.4 Å². The van der Waals surface area contributed by atoms with Crippen LogP contribution in [0.3, 0.4) is 0 Å². The van der Waals surface area contributed by atoms with Gasteiger partial charge in [-0.1, -0.05) is 35.9 Å². The van der Waals surface area contributed by atoms with Gasteiger partial charge in [0, 0.05) is 24.2 Å². The molecule has 1 aromatic heterocycles. The van der Waals surface area contributed by atoms with Crippen LogP contribution >= 0.6 is 11.6 Å². The molecule has 1 atom stereocenters. The molecule has 6 nitrogen and oxygen atoms in total. The van der Waals surface area contributed by atoms with Gasteiger partial charge in [-0.2, -0.15) is 0 Å². The van der Waals surface area contributed by atoms with Crippen molar-refractivity contribution in [1.82, 2.24) is 14.5 Å². The van der Waals surface area contributed by atoms with Crippen LogP contribution in [0.4, 0.5) is 10.7 Å². The quantitative estimate of drug-likeness (QED) is 0.626. The summed E-state index contributed by atoms with van der Waals surface area (Å²) in [5.74, 6) is 0.798. The number of para-hydroxylation sites is 2. The molecule has 7 heteroatoms. The van der Waals surface area contributed by atoms with E-state index in [4.69, 9.17) is 21.3 Å². The fourth-order valence-electron chi connectivity index (χ4n) is 3.72. The zero-order valence-corrected chi connectivity index (χ0v) is 18.3. The van der Waals surface area contributed by atoms with Crippen molar-refractivity contribution >= 4 is 34.7 Å². The van der Waals surface area contributed by atoms with Crippen LogP contribution in [0.1, 0.15) is 32.8 Å². The van der Waals surface area contributed by atoms with Gasteiger partial charge in [0.2, 0.25) is 5.95 Å². The number of aromatic nitrogens is 2.